The van der Waals surface area contributed by atoms with Crippen molar-refractivity contribution in [2.24, 2.45) is 0 Å². The fourth-order valence-electron chi connectivity index (χ4n) is 1.56. The number of alkyl halides is 2. The van der Waals surface area contributed by atoms with Gasteiger partial charge in [-0.15, -0.1) is 0 Å². The first-order valence-corrected chi connectivity index (χ1v) is 5.30. The maximum absolute atomic E-state index is 13.5. The lowest BCUT2D eigenvalue weighted by molar-refractivity contribution is 0.0647. The third-order valence-corrected chi connectivity index (χ3v) is 2.45. The Hall–Kier alpha value is -2.51. The number of aromatic carboxylic acids is 1. The summed E-state index contributed by atoms with van der Waals surface area (Å²) in [5.41, 5.74) is -0.971. The van der Waals surface area contributed by atoms with Gasteiger partial charge in [-0.2, -0.15) is 0 Å². The molecule has 2 aromatic rings. The number of carbonyl (C=O) groups is 1. The number of carboxylic acid groups (broad SMARTS) is 1. The van der Waals surface area contributed by atoms with Crippen LogP contribution in [0.2, 0.25) is 0 Å². The Kier molecular flexibility index (Phi) is 3.64. The summed E-state index contributed by atoms with van der Waals surface area (Å²) in [6.07, 6.45) is -3.11. The molecule has 0 aliphatic carbocycles. The number of methoxy groups -OCH3 is 1. The molecule has 0 atom stereocenters. The van der Waals surface area contributed by atoms with Crippen molar-refractivity contribution in [3.8, 4) is 17.2 Å². The molecule has 1 aromatic carbocycles. The number of hydrogen-bond acceptors (Lipinski definition) is 4. The van der Waals surface area contributed by atoms with Crippen LogP contribution in [0.25, 0.3) is 11.5 Å². The molecule has 2 rings (SSSR count). The quantitative estimate of drug-likeness (QED) is 0.935. The third-order valence-electron chi connectivity index (χ3n) is 2.45. The van der Waals surface area contributed by atoms with E-state index in [9.17, 15) is 18.0 Å². The molecule has 1 heterocycles. The second kappa shape index (κ2) is 5.24. The zero-order valence-electron chi connectivity index (χ0n) is 10.1. The summed E-state index contributed by atoms with van der Waals surface area (Å²) in [5.74, 6) is -3.84. The zero-order valence-corrected chi connectivity index (χ0v) is 10.1. The average Bonchev–Trinajstić information content (AvgIpc) is 2.84. The summed E-state index contributed by atoms with van der Waals surface area (Å²) in [5, 5.41) is 8.75. The summed E-state index contributed by atoms with van der Waals surface area (Å²) in [4.78, 5) is 14.2. The first-order valence-electron chi connectivity index (χ1n) is 5.30. The van der Waals surface area contributed by atoms with Crippen molar-refractivity contribution in [1.82, 2.24) is 4.98 Å². The van der Waals surface area contributed by atoms with E-state index in [1.807, 2.05) is 0 Å². The molecular formula is C12H8F3NO4. The first-order chi connectivity index (χ1) is 9.43. The minimum absolute atomic E-state index is 0.0256. The fourth-order valence-corrected chi connectivity index (χ4v) is 1.56. The van der Waals surface area contributed by atoms with Crippen molar-refractivity contribution in [3.63, 3.8) is 0 Å². The highest BCUT2D eigenvalue weighted by molar-refractivity contribution is 5.86. The van der Waals surface area contributed by atoms with E-state index in [4.69, 9.17) is 14.3 Å². The minimum atomic E-state index is -3.11. The van der Waals surface area contributed by atoms with Gasteiger partial charge in [0.15, 0.2) is 17.3 Å². The van der Waals surface area contributed by atoms with Gasteiger partial charge in [0.1, 0.15) is 0 Å². The van der Waals surface area contributed by atoms with Gasteiger partial charge in [0, 0.05) is 5.56 Å². The largest absolute Gasteiger partial charge is 0.494 e. The Labute approximate surface area is 110 Å². The molecule has 0 fully saturated rings. The highest BCUT2D eigenvalue weighted by Crippen LogP contribution is 2.30. The molecular weight excluding hydrogens is 279 g/mol. The van der Waals surface area contributed by atoms with Crippen LogP contribution >= 0.6 is 0 Å². The number of halogens is 3. The fraction of sp³-hybridized carbons (Fsp3) is 0.167. The Morgan fingerprint density at radius 2 is 2.15 bits per heavy atom. The van der Waals surface area contributed by atoms with Crippen molar-refractivity contribution in [3.05, 3.63) is 35.5 Å². The van der Waals surface area contributed by atoms with E-state index in [1.165, 1.54) is 19.2 Å². The third kappa shape index (κ3) is 2.44. The molecule has 0 amide bonds. The number of ether oxygens (including phenoxy) is 1. The molecule has 0 spiro atoms. The number of hydrogen-bond donors (Lipinski definition) is 1. The summed E-state index contributed by atoms with van der Waals surface area (Å²) in [6, 6.07) is 3.51. The SMILES string of the molecule is COc1ccc(-c2nc(C(F)F)c(C(=O)O)o2)cc1F. The standard InChI is InChI=1S/C12H8F3NO4/c1-19-7-3-2-5(4-6(7)13)11-16-8(10(14)15)9(20-11)12(17)18/h2-4,10H,1H3,(H,17,18). The second-order valence-electron chi connectivity index (χ2n) is 3.69. The van der Waals surface area contributed by atoms with Crippen LogP contribution in [-0.4, -0.2) is 23.2 Å². The van der Waals surface area contributed by atoms with Gasteiger partial charge in [-0.25, -0.2) is 22.9 Å². The number of oxazole rings is 1. The van der Waals surface area contributed by atoms with E-state index in [0.717, 1.165) is 6.07 Å². The van der Waals surface area contributed by atoms with Crippen molar-refractivity contribution in [2.45, 2.75) is 6.43 Å². The van der Waals surface area contributed by atoms with E-state index >= 15 is 0 Å². The molecule has 0 aliphatic heterocycles. The van der Waals surface area contributed by atoms with Crippen LogP contribution in [0.4, 0.5) is 13.2 Å². The van der Waals surface area contributed by atoms with E-state index in [2.05, 4.69) is 4.98 Å². The predicted molar refractivity (Wildman–Crippen MR) is 60.4 cm³/mol. The lowest BCUT2D eigenvalue weighted by atomic mass is 10.2. The normalized spacial score (nSPS) is 10.8. The van der Waals surface area contributed by atoms with Gasteiger partial charge >= 0.3 is 5.97 Å². The number of aromatic nitrogens is 1. The van der Waals surface area contributed by atoms with Crippen LogP contribution < -0.4 is 4.74 Å². The van der Waals surface area contributed by atoms with Crippen LogP contribution in [0.15, 0.2) is 22.6 Å². The van der Waals surface area contributed by atoms with E-state index in [0.29, 0.717) is 0 Å². The van der Waals surface area contributed by atoms with Gasteiger partial charge in [-0.3, -0.25) is 0 Å². The predicted octanol–water partition coefficient (Wildman–Crippen LogP) is 3.13. The number of benzene rings is 1. The zero-order chi connectivity index (χ0) is 14.9. The number of carboxylic acids is 1. The smallest absolute Gasteiger partial charge is 0.374 e. The maximum Gasteiger partial charge on any atom is 0.374 e. The molecule has 0 saturated heterocycles. The lowest BCUT2D eigenvalue weighted by Crippen LogP contribution is -1.99. The molecule has 0 bridgehead atoms. The number of rotatable bonds is 4. The molecule has 0 radical (unpaired) electrons. The second-order valence-corrected chi connectivity index (χ2v) is 3.69. The van der Waals surface area contributed by atoms with Gasteiger partial charge < -0.3 is 14.3 Å². The summed E-state index contributed by atoms with van der Waals surface area (Å²) >= 11 is 0. The Balaban J connectivity index is 2.50. The maximum atomic E-state index is 13.5. The molecule has 20 heavy (non-hydrogen) atoms. The average molecular weight is 287 g/mol. The van der Waals surface area contributed by atoms with E-state index in [-0.39, 0.29) is 11.3 Å². The molecule has 8 heteroatoms. The van der Waals surface area contributed by atoms with Gasteiger partial charge in [0.05, 0.1) is 7.11 Å². The summed E-state index contributed by atoms with van der Waals surface area (Å²) in [7, 11) is 1.26. The van der Waals surface area contributed by atoms with Crippen molar-refractivity contribution in [1.29, 1.82) is 0 Å². The molecule has 0 unspecified atom stereocenters. The summed E-state index contributed by atoms with van der Waals surface area (Å²) < 4.78 is 48.2. The lowest BCUT2D eigenvalue weighted by Gasteiger charge is -2.02. The van der Waals surface area contributed by atoms with Gasteiger partial charge in [-0.1, -0.05) is 0 Å². The van der Waals surface area contributed by atoms with Crippen LogP contribution in [0.3, 0.4) is 0 Å². The highest BCUT2D eigenvalue weighted by atomic mass is 19.3. The Morgan fingerprint density at radius 3 is 2.60 bits per heavy atom. The molecule has 1 aromatic heterocycles. The first kappa shape index (κ1) is 13.9. The molecule has 0 aliphatic rings. The highest BCUT2D eigenvalue weighted by Gasteiger charge is 2.27. The van der Waals surface area contributed by atoms with Crippen LogP contribution in [0.5, 0.6) is 5.75 Å². The monoisotopic (exact) mass is 287 g/mol. The van der Waals surface area contributed by atoms with E-state index in [1.54, 1.807) is 0 Å². The molecule has 1 N–H and O–H groups in total. The Bertz CT molecular complexity index is 654. The van der Waals surface area contributed by atoms with Gasteiger partial charge in [-0.05, 0) is 18.2 Å². The van der Waals surface area contributed by atoms with Gasteiger partial charge in [0.2, 0.25) is 11.7 Å². The van der Waals surface area contributed by atoms with Crippen LogP contribution in [0.1, 0.15) is 22.7 Å². The molecule has 106 valence electrons. The van der Waals surface area contributed by atoms with Crippen LogP contribution in [-0.2, 0) is 0 Å². The molecule has 5 nitrogen and oxygen atoms in total. The van der Waals surface area contributed by atoms with Crippen molar-refractivity contribution < 1.29 is 32.2 Å². The summed E-state index contributed by atoms with van der Waals surface area (Å²) in [6.45, 7) is 0. The van der Waals surface area contributed by atoms with Crippen molar-refractivity contribution >= 4 is 5.97 Å². The minimum Gasteiger partial charge on any atom is -0.494 e. The molecule has 0 saturated carbocycles. The van der Waals surface area contributed by atoms with Crippen LogP contribution in [0, 0.1) is 5.82 Å². The van der Waals surface area contributed by atoms with E-state index < -0.39 is 35.6 Å². The number of nitrogens with zero attached hydrogens (tertiary/aromatic N) is 1. The topological polar surface area (TPSA) is 72.6 Å². The van der Waals surface area contributed by atoms with Gasteiger partial charge in [0.25, 0.3) is 6.43 Å². The van der Waals surface area contributed by atoms with Crippen molar-refractivity contribution in [2.75, 3.05) is 7.11 Å². The Morgan fingerprint density at radius 1 is 1.45 bits per heavy atom.